The lowest BCUT2D eigenvalue weighted by Crippen LogP contribution is -2.45. The number of carbonyl (C=O) groups excluding carboxylic acids is 1. The number of aromatic nitrogens is 1. The summed E-state index contributed by atoms with van der Waals surface area (Å²) in [4.78, 5) is 16.1. The molecule has 1 aliphatic rings. The molecule has 0 spiro atoms. The van der Waals surface area contributed by atoms with Gasteiger partial charge in [0.15, 0.2) is 5.11 Å². The van der Waals surface area contributed by atoms with E-state index in [-0.39, 0.29) is 5.54 Å². The third-order valence-corrected chi connectivity index (χ3v) is 5.26. The van der Waals surface area contributed by atoms with Gasteiger partial charge >= 0.3 is 5.97 Å². The molecule has 1 saturated carbocycles. The largest absolute Gasteiger partial charge is 0.462 e. The highest BCUT2D eigenvalue weighted by Gasteiger charge is 2.36. The smallest absolute Gasteiger partial charge is 0.339 e. The van der Waals surface area contributed by atoms with Crippen LogP contribution in [0.25, 0.3) is 0 Å². The Bertz CT molecular complexity index is 823. The highest BCUT2D eigenvalue weighted by atomic mass is 35.5. The van der Waals surface area contributed by atoms with Gasteiger partial charge in [-0.15, -0.1) is 0 Å². The Hall–Kier alpha value is -2.18. The molecular weight excluding hydrogens is 382 g/mol. The van der Waals surface area contributed by atoms with Gasteiger partial charge < -0.3 is 15.4 Å². The van der Waals surface area contributed by atoms with Crippen LogP contribution in [-0.4, -0.2) is 22.7 Å². The number of rotatable bonds is 5. The molecule has 5 nitrogen and oxygen atoms in total. The van der Waals surface area contributed by atoms with Crippen molar-refractivity contribution in [3.63, 3.8) is 0 Å². The van der Waals surface area contributed by atoms with Crippen molar-refractivity contribution in [3.05, 3.63) is 58.9 Å². The number of benzene rings is 1. The average Bonchev–Trinajstić information content (AvgIpc) is 3.12. The van der Waals surface area contributed by atoms with Crippen molar-refractivity contribution >= 4 is 40.6 Å². The quantitative estimate of drug-likeness (QED) is 0.558. The van der Waals surface area contributed by atoms with Gasteiger partial charge in [0.05, 0.1) is 22.7 Å². The molecule has 7 heteroatoms. The van der Waals surface area contributed by atoms with Crippen LogP contribution >= 0.6 is 23.8 Å². The van der Waals surface area contributed by atoms with Crippen molar-refractivity contribution in [2.75, 3.05) is 11.9 Å². The minimum atomic E-state index is -0.434. The summed E-state index contributed by atoms with van der Waals surface area (Å²) in [7, 11) is 0. The predicted molar refractivity (Wildman–Crippen MR) is 111 cm³/mol. The van der Waals surface area contributed by atoms with Crippen LogP contribution in [0, 0.1) is 0 Å². The molecule has 0 aliphatic heterocycles. The molecule has 0 radical (unpaired) electrons. The van der Waals surface area contributed by atoms with Gasteiger partial charge in [0.25, 0.3) is 0 Å². The lowest BCUT2D eigenvalue weighted by Gasteiger charge is -2.32. The van der Waals surface area contributed by atoms with E-state index >= 15 is 0 Å². The van der Waals surface area contributed by atoms with Crippen molar-refractivity contribution in [3.8, 4) is 0 Å². The van der Waals surface area contributed by atoms with Crippen LogP contribution in [0.5, 0.6) is 0 Å². The minimum Gasteiger partial charge on any atom is -0.462 e. The SMILES string of the molecule is CCOC(=O)c1ccc(NC(=S)NC2(c3cccnc3)CCCC2)cc1Cl. The monoisotopic (exact) mass is 403 g/mol. The molecule has 1 aromatic carbocycles. The van der Waals surface area contributed by atoms with Gasteiger partial charge in [-0.05, 0) is 61.8 Å². The maximum atomic E-state index is 11.9. The standard InChI is InChI=1S/C20H22ClN3O2S/c1-2-26-18(25)16-8-7-15(12-17(16)21)23-19(27)24-20(9-3-4-10-20)14-6-5-11-22-13-14/h5-8,11-13H,2-4,9-10H2,1H3,(H2,23,24,27). The summed E-state index contributed by atoms with van der Waals surface area (Å²) in [6.07, 6.45) is 7.96. The number of nitrogens with one attached hydrogen (secondary N) is 2. The number of ether oxygens (including phenoxy) is 1. The summed E-state index contributed by atoms with van der Waals surface area (Å²) in [6, 6.07) is 9.10. The molecule has 1 aliphatic carbocycles. The van der Waals surface area contributed by atoms with Gasteiger partial charge in [-0.2, -0.15) is 0 Å². The summed E-state index contributed by atoms with van der Waals surface area (Å²) in [6.45, 7) is 2.06. The molecule has 3 rings (SSSR count). The molecule has 0 bridgehead atoms. The van der Waals surface area contributed by atoms with Gasteiger partial charge in [-0.1, -0.05) is 30.5 Å². The maximum absolute atomic E-state index is 11.9. The fraction of sp³-hybridized carbons (Fsp3) is 0.350. The molecule has 0 saturated heterocycles. The number of hydrogen-bond acceptors (Lipinski definition) is 4. The zero-order valence-electron chi connectivity index (χ0n) is 15.1. The minimum absolute atomic E-state index is 0.201. The Morgan fingerprint density at radius 3 is 2.74 bits per heavy atom. The van der Waals surface area contributed by atoms with Gasteiger partial charge in [-0.25, -0.2) is 4.79 Å². The van der Waals surface area contributed by atoms with Gasteiger partial charge in [0.2, 0.25) is 0 Å². The van der Waals surface area contributed by atoms with Gasteiger partial charge in [-0.3, -0.25) is 4.98 Å². The van der Waals surface area contributed by atoms with Crippen LogP contribution in [0.1, 0.15) is 48.5 Å². The summed E-state index contributed by atoms with van der Waals surface area (Å²) in [5.41, 5.74) is 1.99. The zero-order chi connectivity index (χ0) is 19.3. The predicted octanol–water partition coefficient (Wildman–Crippen LogP) is 4.67. The van der Waals surface area contributed by atoms with Crippen LogP contribution in [-0.2, 0) is 10.3 Å². The normalized spacial score (nSPS) is 15.2. The van der Waals surface area contributed by atoms with Crippen LogP contribution in [0.15, 0.2) is 42.7 Å². The van der Waals surface area contributed by atoms with Crippen LogP contribution in [0.3, 0.4) is 0 Å². The number of hydrogen-bond donors (Lipinski definition) is 2. The van der Waals surface area contributed by atoms with E-state index in [1.54, 1.807) is 31.3 Å². The number of thiocarbonyl (C=S) groups is 1. The molecule has 0 unspecified atom stereocenters. The highest BCUT2D eigenvalue weighted by molar-refractivity contribution is 7.80. The lowest BCUT2D eigenvalue weighted by molar-refractivity contribution is 0.0526. The van der Waals surface area contributed by atoms with E-state index in [9.17, 15) is 4.79 Å². The molecule has 1 aromatic heterocycles. The van der Waals surface area contributed by atoms with Crippen molar-refractivity contribution in [1.82, 2.24) is 10.3 Å². The van der Waals surface area contributed by atoms with Crippen LogP contribution in [0.4, 0.5) is 5.69 Å². The summed E-state index contributed by atoms with van der Waals surface area (Å²) < 4.78 is 4.99. The van der Waals surface area contributed by atoms with E-state index < -0.39 is 5.97 Å². The fourth-order valence-electron chi connectivity index (χ4n) is 3.46. The molecule has 1 heterocycles. The Labute approximate surface area is 169 Å². The van der Waals surface area contributed by atoms with Crippen LogP contribution < -0.4 is 10.6 Å². The van der Waals surface area contributed by atoms with Crippen molar-refractivity contribution in [2.45, 2.75) is 38.1 Å². The van der Waals surface area contributed by atoms with Gasteiger partial charge in [0.1, 0.15) is 0 Å². The Kier molecular flexibility index (Phi) is 6.29. The number of esters is 1. The third-order valence-electron chi connectivity index (χ3n) is 4.75. The van der Waals surface area contributed by atoms with E-state index in [2.05, 4.69) is 21.7 Å². The average molecular weight is 404 g/mol. The number of carbonyl (C=O) groups is 1. The molecule has 27 heavy (non-hydrogen) atoms. The van der Waals surface area contributed by atoms with E-state index in [4.69, 9.17) is 28.6 Å². The molecule has 2 aromatic rings. The van der Waals surface area contributed by atoms with E-state index in [1.807, 2.05) is 12.3 Å². The number of pyridine rings is 1. The van der Waals surface area contributed by atoms with Gasteiger partial charge in [0, 0.05) is 18.1 Å². The van der Waals surface area contributed by atoms with Crippen LogP contribution in [0.2, 0.25) is 5.02 Å². The second-order valence-electron chi connectivity index (χ2n) is 6.53. The van der Waals surface area contributed by atoms with E-state index in [1.165, 1.54) is 0 Å². The third kappa shape index (κ3) is 4.57. The second kappa shape index (κ2) is 8.67. The van der Waals surface area contributed by atoms with Crippen molar-refractivity contribution in [1.29, 1.82) is 0 Å². The Morgan fingerprint density at radius 2 is 2.11 bits per heavy atom. The zero-order valence-corrected chi connectivity index (χ0v) is 16.7. The van der Waals surface area contributed by atoms with Crippen molar-refractivity contribution in [2.24, 2.45) is 0 Å². The first-order valence-corrected chi connectivity index (χ1v) is 9.79. The van der Waals surface area contributed by atoms with E-state index in [0.29, 0.717) is 28.0 Å². The molecule has 0 atom stereocenters. The topological polar surface area (TPSA) is 63.2 Å². The first kappa shape index (κ1) is 19.6. The molecule has 2 N–H and O–H groups in total. The van der Waals surface area contributed by atoms with E-state index in [0.717, 1.165) is 31.2 Å². The number of anilines is 1. The Morgan fingerprint density at radius 1 is 1.33 bits per heavy atom. The number of halogens is 1. The molecule has 0 amide bonds. The van der Waals surface area contributed by atoms with Crippen molar-refractivity contribution < 1.29 is 9.53 Å². The molecular formula is C20H22ClN3O2S. The summed E-state index contributed by atoms with van der Waals surface area (Å²) >= 11 is 11.8. The summed E-state index contributed by atoms with van der Waals surface area (Å²) in [5.74, 6) is -0.434. The Balaban J connectivity index is 1.72. The second-order valence-corrected chi connectivity index (χ2v) is 7.34. The molecule has 1 fully saturated rings. The first-order valence-electron chi connectivity index (χ1n) is 9.00. The lowest BCUT2D eigenvalue weighted by atomic mass is 9.89. The maximum Gasteiger partial charge on any atom is 0.339 e. The fourth-order valence-corrected chi connectivity index (χ4v) is 4.03. The molecule has 142 valence electrons. The summed E-state index contributed by atoms with van der Waals surface area (Å²) in [5, 5.41) is 7.48. The highest BCUT2D eigenvalue weighted by Crippen LogP contribution is 2.38. The number of nitrogens with zero attached hydrogens (tertiary/aromatic N) is 1. The first-order chi connectivity index (χ1) is 13.0.